The van der Waals surface area contributed by atoms with E-state index in [4.69, 9.17) is 9.47 Å². The van der Waals surface area contributed by atoms with Crippen molar-refractivity contribution in [1.29, 1.82) is 0 Å². The Kier molecular flexibility index (Phi) is 8.12. The molecule has 1 fully saturated rings. The van der Waals surface area contributed by atoms with Gasteiger partial charge in [0.15, 0.2) is 5.82 Å². The molecule has 8 heteroatoms. The van der Waals surface area contributed by atoms with E-state index in [1.165, 1.54) is 0 Å². The van der Waals surface area contributed by atoms with Crippen LogP contribution in [0.2, 0.25) is 0 Å². The number of nitrogens with one attached hydrogen (secondary N) is 1. The zero-order valence-corrected chi connectivity index (χ0v) is 17.5. The Balaban J connectivity index is 0.00000261. The minimum absolute atomic E-state index is 0. The standard InChI is InChI=1S/C19H26N4O3.BrH/c1-22-10-9-18(21-22)20-19(24)13-23-11-7-15(8-12-23)14-26-17-5-3-16(25-2)4-6-17;/h3-6,9-10,15H,7-8,11-14H2,1-2H3,(H,20,21,24);1H. The van der Waals surface area contributed by atoms with Gasteiger partial charge in [0.2, 0.25) is 5.91 Å². The molecule has 2 aromatic rings. The van der Waals surface area contributed by atoms with Gasteiger partial charge in [0, 0.05) is 19.3 Å². The summed E-state index contributed by atoms with van der Waals surface area (Å²) in [4.78, 5) is 14.3. The lowest BCUT2D eigenvalue weighted by Crippen LogP contribution is -2.40. The predicted molar refractivity (Wildman–Crippen MR) is 110 cm³/mol. The third-order valence-corrected chi connectivity index (χ3v) is 4.60. The summed E-state index contributed by atoms with van der Waals surface area (Å²) >= 11 is 0. The van der Waals surface area contributed by atoms with Crippen molar-refractivity contribution in [2.24, 2.45) is 13.0 Å². The third-order valence-electron chi connectivity index (χ3n) is 4.60. The van der Waals surface area contributed by atoms with Crippen LogP contribution in [0.4, 0.5) is 5.82 Å². The van der Waals surface area contributed by atoms with Crippen LogP contribution >= 0.6 is 17.0 Å². The molecule has 0 unspecified atom stereocenters. The van der Waals surface area contributed by atoms with Crippen LogP contribution in [-0.4, -0.2) is 53.9 Å². The van der Waals surface area contributed by atoms with Gasteiger partial charge in [-0.05, 0) is 56.1 Å². The Morgan fingerprint density at radius 2 is 1.85 bits per heavy atom. The number of nitrogens with zero attached hydrogens (tertiary/aromatic N) is 3. The number of aromatic nitrogens is 2. The molecule has 0 spiro atoms. The molecule has 0 aliphatic carbocycles. The smallest absolute Gasteiger partial charge is 0.239 e. The highest BCUT2D eigenvalue weighted by Gasteiger charge is 2.21. The lowest BCUT2D eigenvalue weighted by Gasteiger charge is -2.31. The molecule has 1 saturated heterocycles. The molecule has 1 aliphatic rings. The van der Waals surface area contributed by atoms with Crippen LogP contribution in [-0.2, 0) is 11.8 Å². The van der Waals surface area contributed by atoms with Crippen molar-refractivity contribution in [3.63, 3.8) is 0 Å². The second-order valence-electron chi connectivity index (χ2n) is 6.63. The molecular weight excluding hydrogens is 412 g/mol. The molecule has 27 heavy (non-hydrogen) atoms. The van der Waals surface area contributed by atoms with Gasteiger partial charge < -0.3 is 14.8 Å². The number of carbonyl (C=O) groups is 1. The SMILES string of the molecule is Br.COc1ccc(OCC2CCN(CC(=O)Nc3ccn(C)n3)CC2)cc1. The van der Waals surface area contributed by atoms with Crippen molar-refractivity contribution < 1.29 is 14.3 Å². The van der Waals surface area contributed by atoms with Gasteiger partial charge in [0.25, 0.3) is 0 Å². The minimum atomic E-state index is -0.0170. The molecule has 1 aromatic carbocycles. The van der Waals surface area contributed by atoms with Crippen molar-refractivity contribution in [1.82, 2.24) is 14.7 Å². The van der Waals surface area contributed by atoms with Crippen LogP contribution in [0, 0.1) is 5.92 Å². The quantitative estimate of drug-likeness (QED) is 0.719. The van der Waals surface area contributed by atoms with Gasteiger partial charge in [0.1, 0.15) is 11.5 Å². The van der Waals surface area contributed by atoms with E-state index in [9.17, 15) is 4.79 Å². The fourth-order valence-corrected chi connectivity index (χ4v) is 3.06. The van der Waals surface area contributed by atoms with Crippen molar-refractivity contribution >= 4 is 28.7 Å². The zero-order valence-electron chi connectivity index (χ0n) is 15.8. The number of halogens is 1. The summed E-state index contributed by atoms with van der Waals surface area (Å²) in [6.07, 6.45) is 3.88. The lowest BCUT2D eigenvalue weighted by molar-refractivity contribution is -0.117. The van der Waals surface area contributed by atoms with E-state index in [0.717, 1.165) is 37.4 Å². The van der Waals surface area contributed by atoms with E-state index in [2.05, 4.69) is 15.3 Å². The molecule has 0 radical (unpaired) electrons. The highest BCUT2D eigenvalue weighted by atomic mass is 79.9. The second-order valence-corrected chi connectivity index (χ2v) is 6.63. The predicted octanol–water partition coefficient (Wildman–Crippen LogP) is 2.74. The van der Waals surface area contributed by atoms with Crippen molar-refractivity contribution in [2.45, 2.75) is 12.8 Å². The first-order chi connectivity index (χ1) is 12.6. The maximum atomic E-state index is 12.1. The number of ether oxygens (including phenoxy) is 2. The Labute approximate surface area is 170 Å². The molecule has 0 bridgehead atoms. The molecular formula is C19H27BrN4O3. The van der Waals surface area contributed by atoms with Crippen LogP contribution < -0.4 is 14.8 Å². The first-order valence-corrected chi connectivity index (χ1v) is 8.91. The van der Waals surface area contributed by atoms with E-state index in [0.29, 0.717) is 24.9 Å². The van der Waals surface area contributed by atoms with Gasteiger partial charge in [0.05, 0.1) is 20.3 Å². The Bertz CT molecular complexity index is 712. The van der Waals surface area contributed by atoms with E-state index < -0.39 is 0 Å². The normalized spacial score (nSPS) is 15.0. The van der Waals surface area contributed by atoms with Crippen molar-refractivity contribution in [3.8, 4) is 11.5 Å². The first kappa shape index (κ1) is 21.2. The number of likely N-dealkylation sites (tertiary alicyclic amines) is 1. The highest BCUT2D eigenvalue weighted by molar-refractivity contribution is 8.93. The van der Waals surface area contributed by atoms with Crippen molar-refractivity contribution in [2.75, 3.05) is 38.7 Å². The number of amides is 1. The number of benzene rings is 1. The largest absolute Gasteiger partial charge is 0.497 e. The van der Waals surface area contributed by atoms with Crippen LogP contribution in [0.3, 0.4) is 0 Å². The number of hydrogen-bond acceptors (Lipinski definition) is 5. The molecule has 1 aromatic heterocycles. The number of rotatable bonds is 7. The molecule has 148 valence electrons. The van der Waals surface area contributed by atoms with Crippen LogP contribution in [0.25, 0.3) is 0 Å². The zero-order chi connectivity index (χ0) is 18.4. The second kappa shape index (κ2) is 10.3. The van der Waals surface area contributed by atoms with Gasteiger partial charge in [-0.25, -0.2) is 0 Å². The molecule has 7 nitrogen and oxygen atoms in total. The van der Waals surface area contributed by atoms with Gasteiger partial charge in [-0.3, -0.25) is 14.4 Å². The summed E-state index contributed by atoms with van der Waals surface area (Å²) in [6, 6.07) is 9.45. The summed E-state index contributed by atoms with van der Waals surface area (Å²) in [5, 5.41) is 6.99. The maximum absolute atomic E-state index is 12.1. The molecule has 1 amide bonds. The number of methoxy groups -OCH3 is 1. The summed E-state index contributed by atoms with van der Waals surface area (Å²) in [5.74, 6) is 2.79. The monoisotopic (exact) mass is 438 g/mol. The Morgan fingerprint density at radius 3 is 2.44 bits per heavy atom. The summed E-state index contributed by atoms with van der Waals surface area (Å²) in [5.41, 5.74) is 0. The van der Waals surface area contributed by atoms with Gasteiger partial charge >= 0.3 is 0 Å². The van der Waals surface area contributed by atoms with Crippen molar-refractivity contribution in [3.05, 3.63) is 36.5 Å². The van der Waals surface area contributed by atoms with Crippen LogP contribution in [0.15, 0.2) is 36.5 Å². The molecule has 1 N–H and O–H groups in total. The topological polar surface area (TPSA) is 68.6 Å². The molecule has 2 heterocycles. The highest BCUT2D eigenvalue weighted by Crippen LogP contribution is 2.21. The molecule has 0 atom stereocenters. The maximum Gasteiger partial charge on any atom is 0.239 e. The van der Waals surface area contributed by atoms with E-state index in [-0.39, 0.29) is 22.9 Å². The van der Waals surface area contributed by atoms with Gasteiger partial charge in [-0.15, -0.1) is 17.0 Å². The summed E-state index contributed by atoms with van der Waals surface area (Å²) < 4.78 is 12.7. The Hall–Kier alpha value is -2.06. The fourth-order valence-electron chi connectivity index (χ4n) is 3.06. The van der Waals surface area contributed by atoms with E-state index in [1.807, 2.05) is 37.5 Å². The van der Waals surface area contributed by atoms with Gasteiger partial charge in [-0.1, -0.05) is 0 Å². The fraction of sp³-hybridized carbons (Fsp3) is 0.474. The number of piperidine rings is 1. The van der Waals surface area contributed by atoms with E-state index >= 15 is 0 Å². The average molecular weight is 439 g/mol. The Morgan fingerprint density at radius 1 is 1.19 bits per heavy atom. The van der Waals surface area contributed by atoms with E-state index in [1.54, 1.807) is 17.9 Å². The number of hydrogen-bond donors (Lipinski definition) is 1. The van der Waals surface area contributed by atoms with Gasteiger partial charge in [-0.2, -0.15) is 5.10 Å². The summed E-state index contributed by atoms with van der Waals surface area (Å²) in [6.45, 7) is 2.93. The minimum Gasteiger partial charge on any atom is -0.497 e. The lowest BCUT2D eigenvalue weighted by atomic mass is 9.98. The first-order valence-electron chi connectivity index (χ1n) is 8.91. The van der Waals surface area contributed by atoms with Crippen LogP contribution in [0.1, 0.15) is 12.8 Å². The van der Waals surface area contributed by atoms with Crippen LogP contribution in [0.5, 0.6) is 11.5 Å². The molecule has 0 saturated carbocycles. The number of aryl methyl sites for hydroxylation is 1. The molecule has 3 rings (SSSR count). The number of anilines is 1. The average Bonchev–Trinajstić information content (AvgIpc) is 3.06. The molecule has 1 aliphatic heterocycles. The number of carbonyl (C=O) groups excluding carboxylic acids is 1. The third kappa shape index (κ3) is 6.55. The summed E-state index contributed by atoms with van der Waals surface area (Å²) in [7, 11) is 3.48.